The van der Waals surface area contributed by atoms with Crippen molar-refractivity contribution in [3.8, 4) is 0 Å². The van der Waals surface area contributed by atoms with Gasteiger partial charge < -0.3 is 20.7 Å². The van der Waals surface area contributed by atoms with Crippen molar-refractivity contribution in [1.82, 2.24) is 9.88 Å². The van der Waals surface area contributed by atoms with E-state index in [1.54, 1.807) is 6.20 Å². The number of anilines is 2. The number of nitrogen functional groups attached to an aromatic ring is 1. The second-order valence-corrected chi connectivity index (χ2v) is 5.23. The maximum Gasteiger partial charge on any atom is 0.0874 e. The molecule has 0 spiro atoms. The van der Waals surface area contributed by atoms with Crippen LogP contribution in [-0.2, 0) is 4.74 Å². The minimum atomic E-state index is 0.206. The van der Waals surface area contributed by atoms with Crippen molar-refractivity contribution < 1.29 is 4.74 Å². The van der Waals surface area contributed by atoms with Crippen LogP contribution >= 0.6 is 0 Å². The molecule has 2 heterocycles. The Hall–Kier alpha value is -1.85. The van der Waals surface area contributed by atoms with Crippen molar-refractivity contribution in [3.63, 3.8) is 0 Å². The highest BCUT2D eigenvalue weighted by Gasteiger charge is 2.17. The molecule has 20 heavy (non-hydrogen) atoms. The van der Waals surface area contributed by atoms with Crippen LogP contribution in [0.1, 0.15) is 0 Å². The molecule has 1 unspecified atom stereocenters. The van der Waals surface area contributed by atoms with E-state index in [2.05, 4.69) is 22.2 Å². The van der Waals surface area contributed by atoms with Crippen molar-refractivity contribution in [3.05, 3.63) is 30.5 Å². The van der Waals surface area contributed by atoms with E-state index in [0.717, 1.165) is 48.5 Å². The van der Waals surface area contributed by atoms with E-state index in [4.69, 9.17) is 10.5 Å². The van der Waals surface area contributed by atoms with E-state index in [0.29, 0.717) is 0 Å². The Balaban J connectivity index is 1.72. The Kier molecular flexibility index (Phi) is 3.71. The minimum absolute atomic E-state index is 0.206. The van der Waals surface area contributed by atoms with Gasteiger partial charge in [0, 0.05) is 31.2 Å². The number of hydrogen-bond donors (Lipinski definition) is 2. The van der Waals surface area contributed by atoms with E-state index in [9.17, 15) is 0 Å². The molecule has 1 saturated heterocycles. The molecule has 3 rings (SSSR count). The molecule has 1 aliphatic heterocycles. The van der Waals surface area contributed by atoms with E-state index in [1.165, 1.54) is 0 Å². The number of nitrogens with two attached hydrogens (primary N) is 1. The van der Waals surface area contributed by atoms with Gasteiger partial charge in [-0.1, -0.05) is 0 Å². The highest BCUT2D eigenvalue weighted by molar-refractivity contribution is 5.96. The lowest BCUT2D eigenvalue weighted by Gasteiger charge is -2.30. The van der Waals surface area contributed by atoms with Crippen LogP contribution in [0.2, 0.25) is 0 Å². The number of benzene rings is 1. The Morgan fingerprint density at radius 3 is 3.20 bits per heavy atom. The summed E-state index contributed by atoms with van der Waals surface area (Å²) >= 11 is 0. The first-order chi connectivity index (χ1) is 9.74. The first kappa shape index (κ1) is 13.1. The maximum absolute atomic E-state index is 6.21. The number of rotatable bonds is 3. The fourth-order valence-electron chi connectivity index (χ4n) is 2.54. The van der Waals surface area contributed by atoms with Gasteiger partial charge >= 0.3 is 0 Å². The van der Waals surface area contributed by atoms with Crippen LogP contribution < -0.4 is 11.1 Å². The molecule has 5 heteroatoms. The summed E-state index contributed by atoms with van der Waals surface area (Å²) in [5.74, 6) is 0. The molecule has 0 saturated carbocycles. The van der Waals surface area contributed by atoms with Crippen LogP contribution in [0.3, 0.4) is 0 Å². The number of ether oxygens (including phenoxy) is 1. The number of morpholine rings is 1. The minimum Gasteiger partial charge on any atom is -0.397 e. The lowest BCUT2D eigenvalue weighted by Crippen LogP contribution is -2.43. The van der Waals surface area contributed by atoms with E-state index >= 15 is 0 Å². The fraction of sp³-hybridized carbons (Fsp3) is 0.400. The normalized spacial score (nSPS) is 20.1. The van der Waals surface area contributed by atoms with Crippen LogP contribution in [0.5, 0.6) is 0 Å². The van der Waals surface area contributed by atoms with Gasteiger partial charge in [0.15, 0.2) is 0 Å². The zero-order chi connectivity index (χ0) is 13.9. The molecule has 106 valence electrons. The zero-order valence-electron chi connectivity index (χ0n) is 11.7. The molecule has 2 aromatic rings. The maximum atomic E-state index is 6.21. The molecule has 1 atom stereocenters. The molecule has 0 aliphatic carbocycles. The molecule has 0 amide bonds. The third kappa shape index (κ3) is 2.69. The number of nitrogens with one attached hydrogen (secondary N) is 1. The highest BCUT2D eigenvalue weighted by Crippen LogP contribution is 2.27. The molecule has 3 N–H and O–H groups in total. The molecule has 5 nitrogen and oxygen atoms in total. The number of pyridine rings is 1. The van der Waals surface area contributed by atoms with Gasteiger partial charge in [0.2, 0.25) is 0 Å². The van der Waals surface area contributed by atoms with Gasteiger partial charge in [0.25, 0.3) is 0 Å². The SMILES string of the molecule is CN1CCOC(CNc2ccc3ncccc3c2N)C1. The van der Waals surface area contributed by atoms with Gasteiger partial charge in [-0.15, -0.1) is 0 Å². The summed E-state index contributed by atoms with van der Waals surface area (Å²) in [5.41, 5.74) is 8.83. The van der Waals surface area contributed by atoms with Crippen LogP contribution in [-0.4, -0.2) is 49.3 Å². The van der Waals surface area contributed by atoms with Gasteiger partial charge in [0.05, 0.1) is 29.6 Å². The predicted octanol–water partition coefficient (Wildman–Crippen LogP) is 1.56. The summed E-state index contributed by atoms with van der Waals surface area (Å²) < 4.78 is 5.74. The number of fused-ring (bicyclic) bond motifs is 1. The number of likely N-dealkylation sites (N-methyl/N-ethyl adjacent to an activating group) is 1. The zero-order valence-corrected chi connectivity index (χ0v) is 11.7. The summed E-state index contributed by atoms with van der Waals surface area (Å²) in [6.45, 7) is 3.50. The second-order valence-electron chi connectivity index (χ2n) is 5.23. The van der Waals surface area contributed by atoms with Crippen LogP contribution in [0.4, 0.5) is 11.4 Å². The molecule has 0 radical (unpaired) electrons. The van der Waals surface area contributed by atoms with E-state index in [-0.39, 0.29) is 6.10 Å². The first-order valence-corrected chi connectivity index (χ1v) is 6.91. The standard InChI is InChI=1S/C15H20N4O/c1-19-7-8-20-11(10-19)9-18-14-5-4-13-12(15(14)16)3-2-6-17-13/h2-6,11,18H,7-10,16H2,1H3. The predicted molar refractivity (Wildman–Crippen MR) is 81.9 cm³/mol. The average molecular weight is 272 g/mol. The topological polar surface area (TPSA) is 63.4 Å². The summed E-state index contributed by atoms with van der Waals surface area (Å²) in [5, 5.41) is 4.38. The number of hydrogen-bond acceptors (Lipinski definition) is 5. The van der Waals surface area contributed by atoms with Crippen LogP contribution in [0.15, 0.2) is 30.5 Å². The number of aromatic nitrogens is 1. The highest BCUT2D eigenvalue weighted by atomic mass is 16.5. The molecular weight excluding hydrogens is 252 g/mol. The Morgan fingerprint density at radius 2 is 2.35 bits per heavy atom. The van der Waals surface area contributed by atoms with Crippen molar-refractivity contribution in [2.45, 2.75) is 6.10 Å². The van der Waals surface area contributed by atoms with Crippen molar-refractivity contribution in [2.75, 3.05) is 44.3 Å². The Bertz CT molecular complexity index is 601. The first-order valence-electron chi connectivity index (χ1n) is 6.91. The van der Waals surface area contributed by atoms with Crippen molar-refractivity contribution in [2.24, 2.45) is 0 Å². The van der Waals surface area contributed by atoms with Crippen LogP contribution in [0.25, 0.3) is 10.9 Å². The van der Waals surface area contributed by atoms with Gasteiger partial charge in [0.1, 0.15) is 0 Å². The monoisotopic (exact) mass is 272 g/mol. The lowest BCUT2D eigenvalue weighted by atomic mass is 10.1. The third-order valence-electron chi connectivity index (χ3n) is 3.69. The third-order valence-corrected chi connectivity index (χ3v) is 3.69. The molecule has 1 aromatic carbocycles. The number of nitrogens with zero attached hydrogens (tertiary/aromatic N) is 2. The molecule has 1 aliphatic rings. The summed E-state index contributed by atoms with van der Waals surface area (Å²) in [6, 6.07) is 7.87. The molecule has 1 fully saturated rings. The average Bonchev–Trinajstić information content (AvgIpc) is 2.47. The van der Waals surface area contributed by atoms with Gasteiger partial charge in [-0.25, -0.2) is 0 Å². The summed E-state index contributed by atoms with van der Waals surface area (Å²) in [7, 11) is 2.12. The lowest BCUT2D eigenvalue weighted by molar-refractivity contribution is -0.0117. The molecule has 0 bridgehead atoms. The van der Waals surface area contributed by atoms with Gasteiger partial charge in [-0.2, -0.15) is 0 Å². The summed E-state index contributed by atoms with van der Waals surface area (Å²) in [6.07, 6.45) is 1.98. The van der Waals surface area contributed by atoms with E-state index in [1.807, 2.05) is 24.3 Å². The van der Waals surface area contributed by atoms with Gasteiger partial charge in [-0.05, 0) is 31.3 Å². The largest absolute Gasteiger partial charge is 0.397 e. The van der Waals surface area contributed by atoms with Crippen molar-refractivity contribution >= 4 is 22.3 Å². The molecule has 1 aromatic heterocycles. The summed E-state index contributed by atoms with van der Waals surface area (Å²) in [4.78, 5) is 6.59. The smallest absolute Gasteiger partial charge is 0.0874 e. The van der Waals surface area contributed by atoms with E-state index < -0.39 is 0 Å². The molecular formula is C15H20N4O. The Morgan fingerprint density at radius 1 is 1.45 bits per heavy atom. The Labute approximate surface area is 118 Å². The quantitative estimate of drug-likeness (QED) is 0.830. The van der Waals surface area contributed by atoms with Gasteiger partial charge in [-0.3, -0.25) is 4.98 Å². The van der Waals surface area contributed by atoms with Crippen LogP contribution in [0, 0.1) is 0 Å². The van der Waals surface area contributed by atoms with Crippen molar-refractivity contribution in [1.29, 1.82) is 0 Å². The second kappa shape index (κ2) is 5.64. The fourth-order valence-corrected chi connectivity index (χ4v) is 2.54.